The zero-order chi connectivity index (χ0) is 21.5. The molecule has 0 saturated carbocycles. The topological polar surface area (TPSA) is 77.3 Å². The number of ether oxygens (including phenoxy) is 1. The van der Waals surface area contributed by atoms with E-state index in [2.05, 4.69) is 29.1 Å². The van der Waals surface area contributed by atoms with E-state index >= 15 is 0 Å². The van der Waals surface area contributed by atoms with Crippen LogP contribution in [0, 0.1) is 0 Å². The van der Waals surface area contributed by atoms with Crippen LogP contribution in [0.3, 0.4) is 0 Å². The number of aryl methyl sites for hydroxylation is 2. The summed E-state index contributed by atoms with van der Waals surface area (Å²) in [6.45, 7) is 6.94. The van der Waals surface area contributed by atoms with Gasteiger partial charge in [-0.05, 0) is 37.8 Å². The summed E-state index contributed by atoms with van der Waals surface area (Å²) in [6, 6.07) is 0.988. The minimum atomic E-state index is -3.02. The first-order valence-electron chi connectivity index (χ1n) is 10.8. The zero-order valence-corrected chi connectivity index (χ0v) is 19.0. The van der Waals surface area contributed by atoms with Crippen molar-refractivity contribution in [3.8, 4) is 0 Å². The third-order valence-electron chi connectivity index (χ3n) is 5.97. The molecule has 0 bridgehead atoms. The fourth-order valence-electron chi connectivity index (χ4n) is 4.38. The van der Waals surface area contributed by atoms with Gasteiger partial charge < -0.3 is 4.74 Å². The molecule has 0 aliphatic carbocycles. The summed E-state index contributed by atoms with van der Waals surface area (Å²) in [5.41, 5.74) is 1.66. The third kappa shape index (κ3) is 4.57. The SMILES string of the molecule is [2H]c1c(CC)sc2c1[C@]1(CCN(Cc3cn(CCS(C)(=O)=O)nn3)[C@@H](C)C1)OCC2. The van der Waals surface area contributed by atoms with Crippen molar-refractivity contribution in [2.75, 3.05) is 25.2 Å². The van der Waals surface area contributed by atoms with E-state index in [1.807, 2.05) is 6.20 Å². The molecule has 2 aliphatic rings. The molecule has 0 radical (unpaired) electrons. The van der Waals surface area contributed by atoms with E-state index in [0.29, 0.717) is 19.1 Å². The van der Waals surface area contributed by atoms with Crippen LogP contribution in [0.25, 0.3) is 0 Å². The van der Waals surface area contributed by atoms with Crippen LogP contribution in [0.5, 0.6) is 0 Å². The first-order chi connectivity index (χ1) is 14.2. The molecule has 1 saturated heterocycles. The highest BCUT2D eigenvalue weighted by molar-refractivity contribution is 7.90. The summed E-state index contributed by atoms with van der Waals surface area (Å²) in [5.74, 6) is 0.0634. The largest absolute Gasteiger partial charge is 0.370 e. The van der Waals surface area contributed by atoms with Crippen LogP contribution in [-0.2, 0) is 46.1 Å². The molecule has 0 amide bonds. The Morgan fingerprint density at radius 2 is 2.31 bits per heavy atom. The van der Waals surface area contributed by atoms with Crippen molar-refractivity contribution in [2.24, 2.45) is 0 Å². The highest BCUT2D eigenvalue weighted by Crippen LogP contribution is 2.46. The Morgan fingerprint density at radius 1 is 1.48 bits per heavy atom. The molecular weight excluding hydrogens is 408 g/mol. The van der Waals surface area contributed by atoms with Crippen molar-refractivity contribution >= 4 is 21.2 Å². The summed E-state index contributed by atoms with van der Waals surface area (Å²) in [4.78, 5) is 4.90. The number of likely N-dealkylation sites (tertiary alicyclic amines) is 1. The molecule has 0 unspecified atom stereocenters. The smallest absolute Gasteiger partial charge is 0.149 e. The molecule has 1 spiro atoms. The number of sulfone groups is 1. The van der Waals surface area contributed by atoms with Crippen LogP contribution < -0.4 is 0 Å². The molecule has 2 atom stereocenters. The second kappa shape index (κ2) is 8.09. The lowest BCUT2D eigenvalue weighted by molar-refractivity contribution is -0.112. The highest BCUT2D eigenvalue weighted by atomic mass is 32.2. The summed E-state index contributed by atoms with van der Waals surface area (Å²) in [5, 5.41) is 8.30. The first-order valence-corrected chi connectivity index (χ1v) is 13.1. The van der Waals surface area contributed by atoms with E-state index in [1.54, 1.807) is 16.0 Å². The van der Waals surface area contributed by atoms with E-state index < -0.39 is 9.84 Å². The number of rotatable bonds is 6. The minimum Gasteiger partial charge on any atom is -0.370 e. The summed E-state index contributed by atoms with van der Waals surface area (Å²) < 4.78 is 39.4. The number of hydrogen-bond acceptors (Lipinski definition) is 7. The van der Waals surface area contributed by atoms with Gasteiger partial charge in [-0.1, -0.05) is 12.1 Å². The van der Waals surface area contributed by atoms with Crippen LogP contribution in [0.1, 0.15) is 49.1 Å². The van der Waals surface area contributed by atoms with E-state index in [1.165, 1.54) is 16.0 Å². The third-order valence-corrected chi connectivity index (χ3v) is 8.18. The Kier molecular flexibility index (Phi) is 5.49. The van der Waals surface area contributed by atoms with Gasteiger partial charge in [-0.25, -0.2) is 8.42 Å². The van der Waals surface area contributed by atoms with Crippen LogP contribution in [0.4, 0.5) is 0 Å². The van der Waals surface area contributed by atoms with Gasteiger partial charge in [-0.3, -0.25) is 9.58 Å². The molecule has 4 heterocycles. The van der Waals surface area contributed by atoms with Gasteiger partial charge in [0.1, 0.15) is 9.84 Å². The molecule has 7 nitrogen and oxygen atoms in total. The van der Waals surface area contributed by atoms with Crippen molar-refractivity contribution in [3.63, 3.8) is 0 Å². The molecule has 2 aliphatic heterocycles. The van der Waals surface area contributed by atoms with Crippen molar-refractivity contribution in [1.29, 1.82) is 0 Å². The minimum absolute atomic E-state index is 0.0634. The Bertz CT molecular complexity index is 1020. The Labute approximate surface area is 178 Å². The highest BCUT2D eigenvalue weighted by Gasteiger charge is 2.44. The van der Waals surface area contributed by atoms with Gasteiger partial charge in [0.25, 0.3) is 0 Å². The van der Waals surface area contributed by atoms with Crippen LogP contribution in [-0.4, -0.2) is 59.5 Å². The quantitative estimate of drug-likeness (QED) is 0.688. The van der Waals surface area contributed by atoms with E-state index in [0.717, 1.165) is 50.1 Å². The zero-order valence-electron chi connectivity index (χ0n) is 18.3. The average Bonchev–Trinajstić information content (AvgIpc) is 3.27. The van der Waals surface area contributed by atoms with Crippen LogP contribution in [0.15, 0.2) is 12.2 Å². The van der Waals surface area contributed by atoms with Gasteiger partial charge in [0.15, 0.2) is 0 Å². The summed E-state index contributed by atoms with van der Waals surface area (Å²) in [7, 11) is -3.02. The van der Waals surface area contributed by atoms with E-state index in [-0.39, 0.29) is 17.4 Å². The maximum absolute atomic E-state index is 11.4. The number of fused-ring (bicyclic) bond motifs is 2. The van der Waals surface area contributed by atoms with Gasteiger partial charge in [-0.15, -0.1) is 16.4 Å². The molecule has 29 heavy (non-hydrogen) atoms. The number of piperidine rings is 1. The molecule has 1 fully saturated rings. The molecular formula is C20H30N4O3S2. The number of hydrogen-bond donors (Lipinski definition) is 0. The Morgan fingerprint density at radius 3 is 3.03 bits per heavy atom. The normalized spacial score (nSPS) is 25.9. The maximum Gasteiger partial charge on any atom is 0.149 e. The summed E-state index contributed by atoms with van der Waals surface area (Å²) >= 11 is 1.80. The Hall–Kier alpha value is -1.29. The van der Waals surface area contributed by atoms with Crippen molar-refractivity contribution in [3.05, 3.63) is 33.3 Å². The first kappa shape index (κ1) is 19.7. The second-order valence-electron chi connectivity index (χ2n) is 8.27. The fourth-order valence-corrected chi connectivity index (χ4v) is 6.02. The van der Waals surface area contributed by atoms with Gasteiger partial charge in [-0.2, -0.15) is 0 Å². The van der Waals surface area contributed by atoms with Gasteiger partial charge in [0, 0.05) is 47.8 Å². The monoisotopic (exact) mass is 439 g/mol. The second-order valence-corrected chi connectivity index (χ2v) is 11.7. The molecule has 0 N–H and O–H groups in total. The van der Waals surface area contributed by atoms with E-state index in [4.69, 9.17) is 6.11 Å². The number of nitrogens with zero attached hydrogens (tertiary/aromatic N) is 4. The Balaban J connectivity index is 1.45. The fraction of sp³-hybridized carbons (Fsp3) is 0.700. The van der Waals surface area contributed by atoms with Crippen LogP contribution in [0.2, 0.25) is 0 Å². The molecule has 160 valence electrons. The standard InChI is InChI=1S/C20H30N4O3S2/c1-4-17-11-18-19(28-17)5-9-27-20(18)6-7-23(15(2)12-20)13-16-14-24(22-21-16)8-10-29(3,25)26/h11,14-15H,4-10,12-13H2,1-3H3/t15-,20+/m0/s1/i11D. The van der Waals surface area contributed by atoms with Crippen molar-refractivity contribution < 1.29 is 14.5 Å². The van der Waals surface area contributed by atoms with Gasteiger partial charge in [0.2, 0.25) is 0 Å². The molecule has 2 aromatic heterocycles. The van der Waals surface area contributed by atoms with Gasteiger partial charge >= 0.3 is 0 Å². The number of thiophene rings is 1. The lowest BCUT2D eigenvalue weighted by Gasteiger charge is -2.47. The molecule has 2 aromatic rings. The summed E-state index contributed by atoms with van der Waals surface area (Å²) in [6.07, 6.45) is 6.64. The molecule has 0 aromatic carbocycles. The lowest BCUT2D eigenvalue weighted by Crippen LogP contribution is -2.50. The van der Waals surface area contributed by atoms with Gasteiger partial charge in [0.05, 0.1) is 31.6 Å². The number of aromatic nitrogens is 3. The average molecular weight is 440 g/mol. The van der Waals surface area contributed by atoms with Crippen molar-refractivity contribution in [1.82, 2.24) is 19.9 Å². The predicted octanol–water partition coefficient (Wildman–Crippen LogP) is 2.40. The van der Waals surface area contributed by atoms with E-state index in [9.17, 15) is 8.42 Å². The van der Waals surface area contributed by atoms with Crippen molar-refractivity contribution in [2.45, 2.75) is 64.3 Å². The lowest BCUT2D eigenvalue weighted by atomic mass is 9.79. The van der Waals surface area contributed by atoms with Crippen LogP contribution >= 0.6 is 11.3 Å². The maximum atomic E-state index is 11.4. The molecule has 4 rings (SSSR count). The molecule has 9 heteroatoms. The predicted molar refractivity (Wildman–Crippen MR) is 114 cm³/mol.